The van der Waals surface area contributed by atoms with Gasteiger partial charge in [0.15, 0.2) is 0 Å². The zero-order valence-corrected chi connectivity index (χ0v) is 13.6. The number of hydrogen-bond donors (Lipinski definition) is 2. The minimum absolute atomic E-state index is 0.0974. The quantitative estimate of drug-likeness (QED) is 0.820. The maximum Gasteiger partial charge on any atom is 0.325 e. The van der Waals surface area contributed by atoms with E-state index < -0.39 is 11.2 Å². The molecule has 2 N–H and O–H groups in total. The third-order valence-electron chi connectivity index (χ3n) is 5.03. The second-order valence-corrected chi connectivity index (χ2v) is 6.54. The van der Waals surface area contributed by atoms with Gasteiger partial charge in [0.1, 0.15) is 0 Å². The number of carbonyl (C=O) groups is 1. The van der Waals surface area contributed by atoms with Gasteiger partial charge in [0.25, 0.3) is 5.56 Å². The molecule has 2 aliphatic heterocycles. The van der Waals surface area contributed by atoms with Crippen LogP contribution in [-0.4, -0.2) is 57.9 Å². The topological polar surface area (TPSA) is 89.3 Å². The minimum Gasteiger partial charge on any atom is -0.340 e. The predicted molar refractivity (Wildman–Crippen MR) is 86.5 cm³/mol. The first-order chi connectivity index (χ1) is 11.0. The Hall–Kier alpha value is -1.89. The van der Waals surface area contributed by atoms with Crippen LogP contribution < -0.4 is 11.2 Å². The molecule has 1 unspecified atom stereocenters. The van der Waals surface area contributed by atoms with Crippen LogP contribution in [0.5, 0.6) is 0 Å². The van der Waals surface area contributed by atoms with E-state index in [4.69, 9.17) is 0 Å². The summed E-state index contributed by atoms with van der Waals surface area (Å²) in [5.74, 6) is 0.0974. The van der Waals surface area contributed by atoms with E-state index in [0.717, 1.165) is 26.2 Å². The van der Waals surface area contributed by atoms with Gasteiger partial charge < -0.3 is 9.88 Å². The maximum atomic E-state index is 12.5. The molecule has 1 atom stereocenters. The fourth-order valence-corrected chi connectivity index (χ4v) is 3.70. The highest BCUT2D eigenvalue weighted by Crippen LogP contribution is 2.21. The molecule has 2 fully saturated rings. The molecule has 0 aromatic carbocycles. The molecule has 1 aromatic heterocycles. The molecule has 7 heteroatoms. The lowest BCUT2D eigenvalue weighted by molar-refractivity contribution is -0.134. The van der Waals surface area contributed by atoms with Gasteiger partial charge in [-0.15, -0.1) is 0 Å². The highest BCUT2D eigenvalue weighted by atomic mass is 16.2. The lowest BCUT2D eigenvalue weighted by Crippen LogP contribution is -2.56. The highest BCUT2D eigenvalue weighted by molar-refractivity contribution is 5.76. The van der Waals surface area contributed by atoms with E-state index in [1.165, 1.54) is 19.3 Å². The number of nitrogens with zero attached hydrogens (tertiary/aromatic N) is 2. The summed E-state index contributed by atoms with van der Waals surface area (Å²) in [6.45, 7) is 5.38. The summed E-state index contributed by atoms with van der Waals surface area (Å²) in [5.41, 5.74) is 0.144. The van der Waals surface area contributed by atoms with Crippen molar-refractivity contribution in [2.45, 2.75) is 45.1 Å². The van der Waals surface area contributed by atoms with E-state index in [-0.39, 0.29) is 5.91 Å². The van der Waals surface area contributed by atoms with E-state index >= 15 is 0 Å². The molecule has 2 aliphatic rings. The molecule has 0 aliphatic carbocycles. The molecule has 3 heterocycles. The molecule has 0 radical (unpaired) electrons. The third-order valence-corrected chi connectivity index (χ3v) is 5.03. The van der Waals surface area contributed by atoms with Gasteiger partial charge in [-0.3, -0.25) is 19.5 Å². The summed E-state index contributed by atoms with van der Waals surface area (Å²) < 4.78 is 0. The first-order valence-corrected chi connectivity index (χ1v) is 8.38. The average Bonchev–Trinajstić information content (AvgIpc) is 2.53. The van der Waals surface area contributed by atoms with Gasteiger partial charge in [0.05, 0.1) is 0 Å². The number of aryl methyl sites for hydroxylation is 1. The van der Waals surface area contributed by atoms with Crippen molar-refractivity contribution in [3.05, 3.63) is 32.1 Å². The fourth-order valence-electron chi connectivity index (χ4n) is 3.70. The van der Waals surface area contributed by atoms with Crippen LogP contribution in [0.15, 0.2) is 9.59 Å². The Morgan fingerprint density at radius 3 is 2.78 bits per heavy atom. The van der Waals surface area contributed by atoms with Crippen molar-refractivity contribution in [1.82, 2.24) is 19.8 Å². The van der Waals surface area contributed by atoms with Crippen molar-refractivity contribution in [3.63, 3.8) is 0 Å². The number of hydrogen-bond acceptors (Lipinski definition) is 4. The Labute approximate surface area is 134 Å². The summed E-state index contributed by atoms with van der Waals surface area (Å²) >= 11 is 0. The zero-order chi connectivity index (χ0) is 16.4. The van der Waals surface area contributed by atoms with Crippen molar-refractivity contribution >= 4 is 5.91 Å². The Bertz CT molecular complexity index is 693. The number of aromatic nitrogens is 2. The van der Waals surface area contributed by atoms with Gasteiger partial charge in [-0.25, -0.2) is 4.79 Å². The lowest BCUT2D eigenvalue weighted by Gasteiger charge is -2.44. The fraction of sp³-hybridized carbons (Fsp3) is 0.688. The smallest absolute Gasteiger partial charge is 0.325 e. The molecule has 0 spiro atoms. The average molecular weight is 320 g/mol. The van der Waals surface area contributed by atoms with Crippen LogP contribution in [0.25, 0.3) is 0 Å². The van der Waals surface area contributed by atoms with Crippen LogP contribution in [0, 0.1) is 6.92 Å². The molecule has 0 bridgehead atoms. The summed E-state index contributed by atoms with van der Waals surface area (Å²) in [6, 6.07) is 0.500. The minimum atomic E-state index is -0.504. The second-order valence-electron chi connectivity index (χ2n) is 6.54. The molecule has 126 valence electrons. The summed E-state index contributed by atoms with van der Waals surface area (Å²) in [5, 5.41) is 0. The largest absolute Gasteiger partial charge is 0.340 e. The van der Waals surface area contributed by atoms with Crippen LogP contribution in [0.1, 0.15) is 36.9 Å². The number of carbonyl (C=O) groups excluding carboxylic acids is 1. The summed E-state index contributed by atoms with van der Waals surface area (Å²) in [7, 11) is 0. The van der Waals surface area contributed by atoms with Crippen LogP contribution in [0.3, 0.4) is 0 Å². The van der Waals surface area contributed by atoms with Gasteiger partial charge in [0, 0.05) is 43.4 Å². The molecular formula is C16H24N4O3. The number of aromatic amines is 2. The van der Waals surface area contributed by atoms with Crippen molar-refractivity contribution in [2.24, 2.45) is 0 Å². The van der Waals surface area contributed by atoms with Crippen molar-refractivity contribution in [3.8, 4) is 0 Å². The highest BCUT2D eigenvalue weighted by Gasteiger charge is 2.30. The van der Waals surface area contributed by atoms with Gasteiger partial charge in [-0.05, 0) is 32.7 Å². The van der Waals surface area contributed by atoms with E-state index in [1.807, 2.05) is 4.90 Å². The Kier molecular flexibility index (Phi) is 4.66. The Morgan fingerprint density at radius 2 is 2.00 bits per heavy atom. The number of piperazine rings is 1. The second kappa shape index (κ2) is 6.70. The van der Waals surface area contributed by atoms with E-state index in [1.54, 1.807) is 6.92 Å². The molecule has 3 rings (SSSR count). The number of fused-ring (bicyclic) bond motifs is 1. The molecule has 1 aromatic rings. The van der Waals surface area contributed by atoms with Crippen LogP contribution in [0.2, 0.25) is 0 Å². The molecule has 2 saturated heterocycles. The van der Waals surface area contributed by atoms with Gasteiger partial charge in [-0.1, -0.05) is 6.42 Å². The molecule has 7 nitrogen and oxygen atoms in total. The third kappa shape index (κ3) is 3.55. The van der Waals surface area contributed by atoms with Crippen LogP contribution >= 0.6 is 0 Å². The van der Waals surface area contributed by atoms with Crippen molar-refractivity contribution < 1.29 is 4.79 Å². The van der Waals surface area contributed by atoms with Gasteiger partial charge >= 0.3 is 5.69 Å². The summed E-state index contributed by atoms with van der Waals surface area (Å²) in [6.07, 6.45) is 4.35. The number of rotatable bonds is 3. The maximum absolute atomic E-state index is 12.5. The van der Waals surface area contributed by atoms with Crippen molar-refractivity contribution in [1.29, 1.82) is 0 Å². The number of H-pyrrole nitrogens is 2. The summed E-state index contributed by atoms with van der Waals surface area (Å²) in [4.78, 5) is 44.7. The van der Waals surface area contributed by atoms with Crippen molar-refractivity contribution in [2.75, 3.05) is 26.2 Å². The molecule has 0 saturated carbocycles. The molecule has 1 amide bonds. The van der Waals surface area contributed by atoms with Crippen LogP contribution in [0.4, 0.5) is 0 Å². The van der Waals surface area contributed by atoms with E-state index in [9.17, 15) is 14.4 Å². The number of piperidine rings is 1. The molecular weight excluding hydrogens is 296 g/mol. The standard InChI is InChI=1S/C16H24N4O3/c1-11-13(15(22)18-16(23)17-11)5-6-14(21)20-9-8-19-7-3-2-4-12(19)10-20/h12H,2-10H2,1H3,(H2,17,18,22,23). The Balaban J connectivity index is 1.60. The number of amides is 1. The van der Waals surface area contributed by atoms with Gasteiger partial charge in [0.2, 0.25) is 5.91 Å². The van der Waals surface area contributed by atoms with E-state index in [0.29, 0.717) is 30.1 Å². The predicted octanol–water partition coefficient (Wildman–Crippen LogP) is 0.000920. The van der Waals surface area contributed by atoms with E-state index in [2.05, 4.69) is 14.9 Å². The molecule has 23 heavy (non-hydrogen) atoms. The first-order valence-electron chi connectivity index (χ1n) is 8.38. The first kappa shape index (κ1) is 16.0. The number of nitrogens with one attached hydrogen (secondary N) is 2. The lowest BCUT2D eigenvalue weighted by atomic mass is 9.99. The monoisotopic (exact) mass is 320 g/mol. The zero-order valence-electron chi connectivity index (χ0n) is 13.6. The van der Waals surface area contributed by atoms with Gasteiger partial charge in [-0.2, -0.15) is 0 Å². The normalized spacial score (nSPS) is 22.0. The Morgan fingerprint density at radius 1 is 1.17 bits per heavy atom. The van der Waals surface area contributed by atoms with Crippen LogP contribution in [-0.2, 0) is 11.2 Å². The SMILES string of the molecule is Cc1[nH]c(=O)[nH]c(=O)c1CCC(=O)N1CCN2CCCCC2C1.